The molecule has 300 valence electrons. The molecule has 6 rings (SSSR count). The van der Waals surface area contributed by atoms with E-state index in [0.717, 1.165) is 12.1 Å². The minimum Gasteiger partial charge on any atom is -0.508 e. The maximum absolute atomic E-state index is 13.8. The van der Waals surface area contributed by atoms with Crippen molar-refractivity contribution in [1.82, 2.24) is 0 Å². The highest BCUT2D eigenvalue weighted by Gasteiger charge is 2.43. The Balaban J connectivity index is 1.27. The van der Waals surface area contributed by atoms with Gasteiger partial charge in [0.15, 0.2) is 35.2 Å². The van der Waals surface area contributed by atoms with Crippen LogP contribution in [0.2, 0.25) is 0 Å². The Hall–Kier alpha value is -5.93. The van der Waals surface area contributed by atoms with Crippen LogP contribution in [0.4, 0.5) is 4.79 Å². The second-order valence-electron chi connectivity index (χ2n) is 16.1. The number of phenolic OH excluding ortho intramolecular Hbond substituents is 8. The smallest absolute Gasteiger partial charge is 0.508 e. The highest BCUT2D eigenvalue weighted by Crippen LogP contribution is 2.47. The van der Waals surface area contributed by atoms with Crippen molar-refractivity contribution < 1.29 is 74.1 Å². The van der Waals surface area contributed by atoms with Crippen LogP contribution >= 0.6 is 0 Å². The maximum atomic E-state index is 13.8. The van der Waals surface area contributed by atoms with Gasteiger partial charge in [0.25, 0.3) is 0 Å². The number of ether oxygens (including phenoxy) is 6. The van der Waals surface area contributed by atoms with E-state index in [1.165, 1.54) is 48.5 Å². The molecule has 56 heavy (non-hydrogen) atoms. The third-order valence-corrected chi connectivity index (χ3v) is 9.41. The van der Waals surface area contributed by atoms with Crippen LogP contribution in [-0.4, -0.2) is 71.8 Å². The normalized spacial score (nSPS) is 20.4. The van der Waals surface area contributed by atoms with Crippen LogP contribution in [-0.2, 0) is 31.8 Å². The first-order chi connectivity index (χ1) is 26.2. The first-order valence-electron chi connectivity index (χ1n) is 17.8. The third-order valence-electron chi connectivity index (χ3n) is 9.41. The molecular weight excluding hydrogens is 732 g/mol. The summed E-state index contributed by atoms with van der Waals surface area (Å²) >= 11 is 0. The Morgan fingerprint density at radius 1 is 0.554 bits per heavy atom. The van der Waals surface area contributed by atoms with Crippen molar-refractivity contribution in [3.05, 3.63) is 82.9 Å². The van der Waals surface area contributed by atoms with Crippen LogP contribution in [0.25, 0.3) is 0 Å². The molecule has 0 aromatic heterocycles. The van der Waals surface area contributed by atoms with E-state index in [0.29, 0.717) is 22.3 Å². The largest absolute Gasteiger partial charge is 0.512 e. The Labute approximate surface area is 322 Å². The fraction of sp³-hybridized carbons (Fsp3) is 0.390. The molecule has 0 bridgehead atoms. The van der Waals surface area contributed by atoms with Gasteiger partial charge in [0.1, 0.15) is 46.7 Å². The van der Waals surface area contributed by atoms with Crippen molar-refractivity contribution >= 4 is 6.16 Å². The van der Waals surface area contributed by atoms with Crippen molar-refractivity contribution in [2.45, 2.75) is 91.4 Å². The van der Waals surface area contributed by atoms with E-state index < -0.39 is 65.5 Å². The summed E-state index contributed by atoms with van der Waals surface area (Å²) < 4.78 is 37.0. The van der Waals surface area contributed by atoms with Gasteiger partial charge in [0.05, 0.1) is 0 Å². The summed E-state index contributed by atoms with van der Waals surface area (Å²) in [4.78, 5) is 13.8. The molecule has 0 fully saturated rings. The van der Waals surface area contributed by atoms with Crippen molar-refractivity contribution in [2.24, 2.45) is 10.8 Å². The first kappa shape index (κ1) is 39.8. The molecule has 2 unspecified atom stereocenters. The topological polar surface area (TPSA) is 234 Å². The number of carbonyl (C=O) groups is 1. The lowest BCUT2D eigenvalue weighted by atomic mass is 9.92. The zero-order chi connectivity index (χ0) is 40.9. The highest BCUT2D eigenvalue weighted by molar-refractivity contribution is 5.60. The molecule has 15 nitrogen and oxygen atoms in total. The summed E-state index contributed by atoms with van der Waals surface area (Å²) in [5, 5.41) is 82.2. The SMILES string of the molecule is CC(C)(C)C(OC(=O)OC(O[C@@H]1Cc2c(O)cc(O)cc2O[C@@H]1c1ccc(O)c(O)c1)C(C)(C)C)O[C@@H]1Cc2c(O)cc(O)cc2O[C@@H]1c1ccc(O)c(O)c1. The van der Waals surface area contributed by atoms with Crippen molar-refractivity contribution in [3.8, 4) is 57.5 Å². The molecule has 0 radical (unpaired) electrons. The van der Waals surface area contributed by atoms with Gasteiger partial charge >= 0.3 is 6.16 Å². The van der Waals surface area contributed by atoms with Gasteiger partial charge in [-0.2, -0.15) is 0 Å². The zero-order valence-electron chi connectivity index (χ0n) is 31.6. The van der Waals surface area contributed by atoms with E-state index in [1.807, 2.05) is 0 Å². The molecular formula is C41H46O15. The third kappa shape index (κ3) is 8.48. The average Bonchev–Trinajstić information content (AvgIpc) is 3.09. The summed E-state index contributed by atoms with van der Waals surface area (Å²) in [5.74, 6) is -2.21. The molecule has 0 amide bonds. The number of hydrogen-bond donors (Lipinski definition) is 8. The lowest BCUT2D eigenvalue weighted by molar-refractivity contribution is -0.247. The van der Waals surface area contributed by atoms with Crippen LogP contribution < -0.4 is 9.47 Å². The van der Waals surface area contributed by atoms with Crippen molar-refractivity contribution in [2.75, 3.05) is 0 Å². The quantitative estimate of drug-likeness (QED) is 0.0508. The molecule has 2 aliphatic heterocycles. The summed E-state index contributed by atoms with van der Waals surface area (Å²) in [6.07, 6.45) is -7.60. The van der Waals surface area contributed by atoms with E-state index in [-0.39, 0.29) is 58.8 Å². The molecule has 0 aliphatic carbocycles. The van der Waals surface area contributed by atoms with Crippen LogP contribution in [0.15, 0.2) is 60.7 Å². The summed E-state index contributed by atoms with van der Waals surface area (Å²) in [5.41, 5.74) is -0.374. The predicted octanol–water partition coefficient (Wildman–Crippen LogP) is 7.05. The van der Waals surface area contributed by atoms with E-state index in [9.17, 15) is 45.6 Å². The minimum absolute atomic E-state index is 0.0223. The Morgan fingerprint density at radius 3 is 1.27 bits per heavy atom. The van der Waals surface area contributed by atoms with Crippen LogP contribution in [0, 0.1) is 10.8 Å². The fourth-order valence-corrected chi connectivity index (χ4v) is 6.47. The fourth-order valence-electron chi connectivity index (χ4n) is 6.47. The van der Waals surface area contributed by atoms with Gasteiger partial charge in [0, 0.05) is 59.1 Å². The van der Waals surface area contributed by atoms with E-state index in [2.05, 4.69) is 0 Å². The van der Waals surface area contributed by atoms with Gasteiger partial charge in [-0.3, -0.25) is 0 Å². The lowest BCUT2D eigenvalue weighted by Gasteiger charge is -2.40. The summed E-state index contributed by atoms with van der Waals surface area (Å²) in [6.45, 7) is 10.6. The van der Waals surface area contributed by atoms with Gasteiger partial charge in [0.2, 0.25) is 12.6 Å². The number of hydrogen-bond acceptors (Lipinski definition) is 15. The van der Waals surface area contributed by atoms with Gasteiger partial charge in [-0.05, 0) is 35.4 Å². The number of aromatic hydroxyl groups is 8. The van der Waals surface area contributed by atoms with E-state index in [4.69, 9.17) is 28.4 Å². The minimum atomic E-state index is -1.31. The number of carbonyl (C=O) groups excluding carboxylic acids is 1. The Bertz CT molecular complexity index is 1950. The van der Waals surface area contributed by atoms with Gasteiger partial charge in [-0.1, -0.05) is 53.7 Å². The molecule has 4 aromatic carbocycles. The molecule has 8 N–H and O–H groups in total. The predicted molar refractivity (Wildman–Crippen MR) is 197 cm³/mol. The highest BCUT2D eigenvalue weighted by atomic mass is 16.8. The first-order valence-corrected chi connectivity index (χ1v) is 17.8. The zero-order valence-corrected chi connectivity index (χ0v) is 31.6. The molecule has 15 heteroatoms. The van der Waals surface area contributed by atoms with Gasteiger partial charge in [-0.25, -0.2) is 4.79 Å². The standard InChI is InChI=1S/C41H46O15/c1-40(2,3)37(53-33-17-23-27(46)13-21(42)15-31(23)51-35(33)19-7-9-25(44)29(48)11-19)55-39(50)56-38(41(4,5)6)54-34-18-24-28(47)14-22(43)16-32(24)52-36(34)20-8-10-26(45)30(49)12-20/h7-16,33-38,42-49H,17-18H2,1-6H3/t33-,34-,35-,36-,37?,38?/m1/s1. The molecule has 6 atom stereocenters. The molecule has 2 aliphatic rings. The number of rotatable bonds is 8. The summed E-state index contributed by atoms with van der Waals surface area (Å²) in [6, 6.07) is 13.1. The van der Waals surface area contributed by atoms with Gasteiger partial charge in [-0.15, -0.1) is 0 Å². The van der Waals surface area contributed by atoms with Crippen LogP contribution in [0.3, 0.4) is 0 Å². The molecule has 0 saturated carbocycles. The monoisotopic (exact) mass is 778 g/mol. The Kier molecular flexibility index (Phi) is 10.6. The molecule has 0 saturated heterocycles. The molecule has 0 spiro atoms. The number of benzene rings is 4. The average molecular weight is 779 g/mol. The van der Waals surface area contributed by atoms with Crippen molar-refractivity contribution in [1.29, 1.82) is 0 Å². The maximum Gasteiger partial charge on any atom is 0.512 e. The van der Waals surface area contributed by atoms with Crippen molar-refractivity contribution in [3.63, 3.8) is 0 Å². The lowest BCUT2D eigenvalue weighted by Crippen LogP contribution is -2.45. The van der Waals surface area contributed by atoms with Crippen LogP contribution in [0.5, 0.6) is 57.5 Å². The van der Waals surface area contributed by atoms with E-state index >= 15 is 0 Å². The second kappa shape index (κ2) is 15.0. The van der Waals surface area contributed by atoms with E-state index in [1.54, 1.807) is 41.5 Å². The second-order valence-corrected chi connectivity index (χ2v) is 16.1. The van der Waals surface area contributed by atoms with Crippen LogP contribution in [0.1, 0.15) is 76.0 Å². The Morgan fingerprint density at radius 2 is 0.929 bits per heavy atom. The molecule has 4 aromatic rings. The molecule has 2 heterocycles. The number of fused-ring (bicyclic) bond motifs is 2. The summed E-state index contributed by atoms with van der Waals surface area (Å²) in [7, 11) is 0. The number of phenols is 8. The van der Waals surface area contributed by atoms with Gasteiger partial charge < -0.3 is 69.3 Å².